The van der Waals surface area contributed by atoms with Crippen LogP contribution in [0.3, 0.4) is 0 Å². The Bertz CT molecular complexity index is 967. The van der Waals surface area contributed by atoms with E-state index in [1.54, 1.807) is 25.4 Å². The summed E-state index contributed by atoms with van der Waals surface area (Å²) in [6.07, 6.45) is 3.00. The van der Waals surface area contributed by atoms with Crippen LogP contribution in [0.4, 0.5) is 20.2 Å². The van der Waals surface area contributed by atoms with Gasteiger partial charge in [0.2, 0.25) is 0 Å². The van der Waals surface area contributed by atoms with Crippen LogP contribution in [0.5, 0.6) is 5.75 Å². The van der Waals surface area contributed by atoms with Crippen LogP contribution in [-0.4, -0.2) is 12.1 Å². The lowest BCUT2D eigenvalue weighted by molar-refractivity contribution is 0.415. The molecule has 0 saturated heterocycles. The zero-order valence-corrected chi connectivity index (χ0v) is 13.3. The Labute approximate surface area is 143 Å². The van der Waals surface area contributed by atoms with Gasteiger partial charge >= 0.3 is 0 Å². The smallest absolute Gasteiger partial charge is 0.160 e. The highest BCUT2D eigenvalue weighted by Crippen LogP contribution is 2.34. The number of rotatable bonds is 4. The number of aromatic nitrogens is 1. The number of halogens is 2. The minimum atomic E-state index is -0.972. The average molecular weight is 337 g/mol. The van der Waals surface area contributed by atoms with Crippen LogP contribution < -0.4 is 10.1 Å². The van der Waals surface area contributed by atoms with Crippen molar-refractivity contribution in [3.05, 3.63) is 72.1 Å². The molecule has 0 atom stereocenters. The van der Waals surface area contributed by atoms with Gasteiger partial charge in [-0.1, -0.05) is 12.1 Å². The summed E-state index contributed by atoms with van der Waals surface area (Å²) in [5.41, 5.74) is 2.48. The molecule has 0 saturated carbocycles. The third-order valence-corrected chi connectivity index (χ3v) is 3.64. The largest absolute Gasteiger partial charge is 0.497 e. The summed E-state index contributed by atoms with van der Waals surface area (Å²) in [6.45, 7) is 0. The second kappa shape index (κ2) is 6.97. The third kappa shape index (κ3) is 3.40. The Kier molecular flexibility index (Phi) is 4.57. The molecule has 0 aliphatic heterocycles. The van der Waals surface area contributed by atoms with E-state index in [-0.39, 0.29) is 5.56 Å². The first kappa shape index (κ1) is 16.4. The summed E-state index contributed by atoms with van der Waals surface area (Å²) in [4.78, 5) is 4.08. The van der Waals surface area contributed by atoms with E-state index in [9.17, 15) is 14.0 Å². The lowest BCUT2D eigenvalue weighted by Crippen LogP contribution is -1.99. The van der Waals surface area contributed by atoms with E-state index in [1.807, 2.05) is 12.1 Å². The highest BCUT2D eigenvalue weighted by molar-refractivity contribution is 5.84. The minimum Gasteiger partial charge on any atom is -0.497 e. The fourth-order valence-corrected chi connectivity index (χ4v) is 2.41. The highest BCUT2D eigenvalue weighted by Gasteiger charge is 2.13. The van der Waals surface area contributed by atoms with Crippen molar-refractivity contribution in [3.8, 4) is 22.9 Å². The molecular formula is C19H13F2N3O. The normalized spacial score (nSPS) is 10.2. The first-order valence-electron chi connectivity index (χ1n) is 7.37. The third-order valence-electron chi connectivity index (χ3n) is 3.64. The standard InChI is InChI=1S/C19H13F2N3O/c1-25-15-4-2-3-12(7-15)16-11-23-10-13(9-22)19(16)24-14-5-6-17(20)18(21)8-14/h2-8,10-11H,1H3,(H,23,24). The zero-order chi connectivity index (χ0) is 17.8. The zero-order valence-electron chi connectivity index (χ0n) is 13.3. The number of nitrogens with zero attached hydrogens (tertiary/aromatic N) is 2. The average Bonchev–Trinajstić information content (AvgIpc) is 2.65. The molecule has 0 radical (unpaired) electrons. The molecule has 0 bridgehead atoms. The second-order valence-electron chi connectivity index (χ2n) is 5.21. The molecule has 124 valence electrons. The lowest BCUT2D eigenvalue weighted by atomic mass is 10.0. The molecule has 1 N–H and O–H groups in total. The molecule has 0 aliphatic carbocycles. The Morgan fingerprint density at radius 1 is 1.08 bits per heavy atom. The van der Waals surface area contributed by atoms with Gasteiger partial charge in [-0.15, -0.1) is 0 Å². The van der Waals surface area contributed by atoms with Gasteiger partial charge in [0.05, 0.1) is 18.4 Å². The fourth-order valence-electron chi connectivity index (χ4n) is 2.41. The van der Waals surface area contributed by atoms with E-state index in [0.29, 0.717) is 22.7 Å². The molecule has 4 nitrogen and oxygen atoms in total. The van der Waals surface area contributed by atoms with E-state index in [0.717, 1.165) is 17.7 Å². The first-order valence-corrected chi connectivity index (χ1v) is 7.37. The number of anilines is 2. The highest BCUT2D eigenvalue weighted by atomic mass is 19.2. The molecule has 0 amide bonds. The van der Waals surface area contributed by atoms with Crippen molar-refractivity contribution in [1.29, 1.82) is 5.26 Å². The Morgan fingerprint density at radius 2 is 1.92 bits per heavy atom. The van der Waals surface area contributed by atoms with Gasteiger partial charge < -0.3 is 10.1 Å². The van der Waals surface area contributed by atoms with Gasteiger partial charge in [0.15, 0.2) is 11.6 Å². The molecule has 0 aliphatic rings. The molecule has 0 spiro atoms. The number of hydrogen-bond acceptors (Lipinski definition) is 4. The predicted molar refractivity (Wildman–Crippen MR) is 90.6 cm³/mol. The van der Waals surface area contributed by atoms with Gasteiger partial charge in [0, 0.05) is 29.7 Å². The van der Waals surface area contributed by atoms with E-state index >= 15 is 0 Å². The van der Waals surface area contributed by atoms with Gasteiger partial charge in [-0.05, 0) is 29.8 Å². The van der Waals surface area contributed by atoms with Crippen molar-refractivity contribution in [2.45, 2.75) is 0 Å². The maximum atomic E-state index is 13.5. The molecule has 2 aromatic carbocycles. The molecule has 3 aromatic rings. The van der Waals surface area contributed by atoms with Crippen LogP contribution in [-0.2, 0) is 0 Å². The molecule has 25 heavy (non-hydrogen) atoms. The molecule has 0 unspecified atom stereocenters. The van der Waals surface area contributed by atoms with Crippen LogP contribution in [0, 0.1) is 23.0 Å². The summed E-state index contributed by atoms with van der Waals surface area (Å²) in [5, 5.41) is 12.4. The lowest BCUT2D eigenvalue weighted by Gasteiger charge is -2.14. The van der Waals surface area contributed by atoms with Crippen molar-refractivity contribution >= 4 is 11.4 Å². The maximum absolute atomic E-state index is 13.5. The SMILES string of the molecule is COc1cccc(-c2cncc(C#N)c2Nc2ccc(F)c(F)c2)c1. The van der Waals surface area contributed by atoms with E-state index in [2.05, 4.69) is 16.4 Å². The molecule has 1 heterocycles. The Balaban J connectivity index is 2.11. The summed E-state index contributed by atoms with van der Waals surface area (Å²) >= 11 is 0. The van der Waals surface area contributed by atoms with E-state index in [1.165, 1.54) is 12.3 Å². The Morgan fingerprint density at radius 3 is 2.64 bits per heavy atom. The molecule has 3 rings (SSSR count). The minimum absolute atomic E-state index is 0.282. The van der Waals surface area contributed by atoms with Crippen LogP contribution in [0.2, 0.25) is 0 Å². The molecule has 1 aromatic heterocycles. The number of pyridine rings is 1. The number of nitrogens with one attached hydrogen (secondary N) is 1. The molecule has 0 fully saturated rings. The first-order chi connectivity index (χ1) is 12.1. The monoisotopic (exact) mass is 337 g/mol. The molecule has 6 heteroatoms. The maximum Gasteiger partial charge on any atom is 0.160 e. The molecular weight excluding hydrogens is 324 g/mol. The summed E-state index contributed by atoms with van der Waals surface area (Å²) in [6, 6.07) is 12.8. The van der Waals surface area contributed by atoms with Crippen LogP contribution in [0.25, 0.3) is 11.1 Å². The van der Waals surface area contributed by atoms with Crippen molar-refractivity contribution < 1.29 is 13.5 Å². The number of ether oxygens (including phenoxy) is 1. The Hall–Kier alpha value is -3.46. The van der Waals surface area contributed by atoms with E-state index in [4.69, 9.17) is 4.74 Å². The van der Waals surface area contributed by atoms with Gasteiger partial charge in [0.1, 0.15) is 11.8 Å². The quantitative estimate of drug-likeness (QED) is 0.753. The number of nitriles is 1. The summed E-state index contributed by atoms with van der Waals surface area (Å²) < 4.78 is 31.8. The topological polar surface area (TPSA) is 57.9 Å². The van der Waals surface area contributed by atoms with Crippen molar-refractivity contribution in [2.75, 3.05) is 12.4 Å². The van der Waals surface area contributed by atoms with Crippen molar-refractivity contribution in [2.24, 2.45) is 0 Å². The predicted octanol–water partition coefficient (Wildman–Crippen LogP) is 4.65. The summed E-state index contributed by atoms with van der Waals surface area (Å²) in [7, 11) is 1.56. The second-order valence-corrected chi connectivity index (χ2v) is 5.21. The fraction of sp³-hybridized carbons (Fsp3) is 0.0526. The van der Waals surface area contributed by atoms with Crippen molar-refractivity contribution in [3.63, 3.8) is 0 Å². The van der Waals surface area contributed by atoms with Crippen LogP contribution in [0.1, 0.15) is 5.56 Å². The van der Waals surface area contributed by atoms with Crippen LogP contribution in [0.15, 0.2) is 54.9 Å². The van der Waals surface area contributed by atoms with Gasteiger partial charge in [-0.3, -0.25) is 4.98 Å². The number of hydrogen-bond donors (Lipinski definition) is 1. The van der Waals surface area contributed by atoms with Crippen LogP contribution >= 0.6 is 0 Å². The number of benzene rings is 2. The number of methoxy groups -OCH3 is 1. The van der Waals surface area contributed by atoms with Crippen molar-refractivity contribution in [1.82, 2.24) is 4.98 Å². The van der Waals surface area contributed by atoms with Gasteiger partial charge in [-0.25, -0.2) is 8.78 Å². The summed E-state index contributed by atoms with van der Waals surface area (Å²) in [5.74, 6) is -1.26. The van der Waals surface area contributed by atoms with Gasteiger partial charge in [0.25, 0.3) is 0 Å². The van der Waals surface area contributed by atoms with E-state index < -0.39 is 11.6 Å². The van der Waals surface area contributed by atoms with Gasteiger partial charge in [-0.2, -0.15) is 5.26 Å².